The van der Waals surface area contributed by atoms with Crippen molar-refractivity contribution in [1.82, 2.24) is 9.62 Å². The monoisotopic (exact) mass is 443 g/mol. The Bertz CT molecular complexity index is 959. The minimum Gasteiger partial charge on any atom is -0.309 e. The SMILES string of the molecule is Cc1ccc(S(=O)(=O)NCC2CCCN(CC(=O)N(c3ccccc3)C(C)C)C2)cc1. The van der Waals surface area contributed by atoms with Crippen molar-refractivity contribution >= 4 is 21.6 Å². The van der Waals surface area contributed by atoms with Crippen molar-refractivity contribution in [2.24, 2.45) is 5.92 Å². The molecule has 1 aliphatic heterocycles. The van der Waals surface area contributed by atoms with Crippen LogP contribution in [0.1, 0.15) is 32.3 Å². The van der Waals surface area contributed by atoms with Gasteiger partial charge in [0.25, 0.3) is 0 Å². The van der Waals surface area contributed by atoms with E-state index in [-0.39, 0.29) is 22.8 Å². The molecule has 0 saturated carbocycles. The Morgan fingerprint density at radius 3 is 2.45 bits per heavy atom. The summed E-state index contributed by atoms with van der Waals surface area (Å²) in [4.78, 5) is 17.3. The van der Waals surface area contributed by atoms with E-state index in [1.807, 2.05) is 56.0 Å². The first-order valence-electron chi connectivity index (χ1n) is 10.9. The molecule has 2 aromatic rings. The highest BCUT2D eigenvalue weighted by Crippen LogP contribution is 2.20. The molecule has 1 unspecified atom stereocenters. The number of carbonyl (C=O) groups excluding carboxylic acids is 1. The molecule has 1 fully saturated rings. The summed E-state index contributed by atoms with van der Waals surface area (Å²) >= 11 is 0. The van der Waals surface area contributed by atoms with Gasteiger partial charge in [-0.2, -0.15) is 0 Å². The summed E-state index contributed by atoms with van der Waals surface area (Å²) in [5.41, 5.74) is 1.93. The van der Waals surface area contributed by atoms with E-state index in [2.05, 4.69) is 9.62 Å². The van der Waals surface area contributed by atoms with Gasteiger partial charge in [0.05, 0.1) is 11.4 Å². The van der Waals surface area contributed by atoms with Crippen molar-refractivity contribution in [1.29, 1.82) is 0 Å². The zero-order chi connectivity index (χ0) is 22.4. The molecule has 0 bridgehead atoms. The number of likely N-dealkylation sites (tertiary alicyclic amines) is 1. The number of piperidine rings is 1. The topological polar surface area (TPSA) is 69.7 Å². The van der Waals surface area contributed by atoms with Gasteiger partial charge in [0, 0.05) is 24.8 Å². The van der Waals surface area contributed by atoms with Crippen LogP contribution in [0.3, 0.4) is 0 Å². The number of anilines is 1. The van der Waals surface area contributed by atoms with E-state index < -0.39 is 10.0 Å². The Kier molecular flexibility index (Phi) is 7.86. The molecule has 0 spiro atoms. The molecule has 31 heavy (non-hydrogen) atoms. The molecule has 168 valence electrons. The molecule has 2 aromatic carbocycles. The van der Waals surface area contributed by atoms with Crippen LogP contribution >= 0.6 is 0 Å². The van der Waals surface area contributed by atoms with Gasteiger partial charge < -0.3 is 4.90 Å². The molecular weight excluding hydrogens is 410 g/mol. The third-order valence-corrected chi connectivity index (χ3v) is 7.11. The second kappa shape index (κ2) is 10.4. The first-order chi connectivity index (χ1) is 14.8. The fraction of sp³-hybridized carbons (Fsp3) is 0.458. The van der Waals surface area contributed by atoms with Gasteiger partial charge in [-0.05, 0) is 70.3 Å². The average Bonchev–Trinajstić information content (AvgIpc) is 2.73. The number of rotatable bonds is 8. The van der Waals surface area contributed by atoms with Crippen LogP contribution in [-0.4, -0.2) is 51.4 Å². The van der Waals surface area contributed by atoms with E-state index in [0.717, 1.165) is 30.6 Å². The predicted molar refractivity (Wildman–Crippen MR) is 125 cm³/mol. The third kappa shape index (κ3) is 6.38. The number of hydrogen-bond donors (Lipinski definition) is 1. The summed E-state index contributed by atoms with van der Waals surface area (Å²) in [6.45, 7) is 8.26. The average molecular weight is 444 g/mol. The molecule has 1 N–H and O–H groups in total. The largest absolute Gasteiger partial charge is 0.309 e. The quantitative estimate of drug-likeness (QED) is 0.679. The summed E-state index contributed by atoms with van der Waals surface area (Å²) in [5, 5.41) is 0. The van der Waals surface area contributed by atoms with Gasteiger partial charge in [-0.15, -0.1) is 0 Å². The van der Waals surface area contributed by atoms with Crippen molar-refractivity contribution in [2.75, 3.05) is 31.1 Å². The van der Waals surface area contributed by atoms with Gasteiger partial charge in [-0.3, -0.25) is 9.69 Å². The summed E-state index contributed by atoms with van der Waals surface area (Å²) in [6, 6.07) is 16.7. The number of nitrogens with one attached hydrogen (secondary N) is 1. The number of para-hydroxylation sites is 1. The fourth-order valence-electron chi connectivity index (χ4n) is 4.08. The minimum absolute atomic E-state index is 0.0665. The van der Waals surface area contributed by atoms with Crippen LogP contribution in [-0.2, 0) is 14.8 Å². The van der Waals surface area contributed by atoms with Crippen LogP contribution < -0.4 is 9.62 Å². The highest BCUT2D eigenvalue weighted by Gasteiger charge is 2.26. The van der Waals surface area contributed by atoms with Crippen LogP contribution in [0.5, 0.6) is 0 Å². The first kappa shape index (κ1) is 23.4. The molecule has 1 amide bonds. The lowest BCUT2D eigenvalue weighted by Gasteiger charge is -2.35. The number of aryl methyl sites for hydroxylation is 1. The second-order valence-electron chi connectivity index (χ2n) is 8.60. The first-order valence-corrected chi connectivity index (χ1v) is 12.4. The van der Waals surface area contributed by atoms with E-state index in [1.54, 1.807) is 24.3 Å². The van der Waals surface area contributed by atoms with E-state index in [1.165, 1.54) is 0 Å². The number of hydrogen-bond acceptors (Lipinski definition) is 4. The number of amides is 1. The highest BCUT2D eigenvalue weighted by molar-refractivity contribution is 7.89. The molecule has 0 aliphatic carbocycles. The van der Waals surface area contributed by atoms with Crippen LogP contribution in [0.4, 0.5) is 5.69 Å². The Morgan fingerprint density at radius 1 is 1.13 bits per heavy atom. The summed E-state index contributed by atoms with van der Waals surface area (Å²) in [6.07, 6.45) is 1.91. The highest BCUT2D eigenvalue weighted by atomic mass is 32.2. The smallest absolute Gasteiger partial charge is 0.241 e. The number of carbonyl (C=O) groups is 1. The van der Waals surface area contributed by atoms with E-state index in [9.17, 15) is 13.2 Å². The number of benzene rings is 2. The molecule has 6 nitrogen and oxygen atoms in total. The molecule has 1 aliphatic rings. The Morgan fingerprint density at radius 2 is 1.81 bits per heavy atom. The lowest BCUT2D eigenvalue weighted by atomic mass is 9.98. The maximum Gasteiger partial charge on any atom is 0.241 e. The number of sulfonamides is 1. The Hall–Kier alpha value is -2.22. The molecular formula is C24H33N3O3S. The molecule has 0 radical (unpaired) electrons. The van der Waals surface area contributed by atoms with Gasteiger partial charge in [-0.1, -0.05) is 35.9 Å². The fourth-order valence-corrected chi connectivity index (χ4v) is 5.19. The van der Waals surface area contributed by atoms with E-state index in [4.69, 9.17) is 0 Å². The molecule has 7 heteroatoms. The molecule has 1 heterocycles. The van der Waals surface area contributed by atoms with E-state index >= 15 is 0 Å². The van der Waals surface area contributed by atoms with Crippen LogP contribution in [0.2, 0.25) is 0 Å². The van der Waals surface area contributed by atoms with Gasteiger partial charge >= 0.3 is 0 Å². The molecule has 1 saturated heterocycles. The number of nitrogens with zero attached hydrogens (tertiary/aromatic N) is 2. The molecule has 3 rings (SSSR count). The minimum atomic E-state index is -3.52. The Labute approximate surface area is 186 Å². The van der Waals surface area contributed by atoms with Gasteiger partial charge in [-0.25, -0.2) is 13.1 Å². The van der Waals surface area contributed by atoms with Crippen LogP contribution in [0.15, 0.2) is 59.5 Å². The maximum absolute atomic E-state index is 13.1. The standard InChI is InChI=1S/C24H33N3O3S/c1-19(2)27(22-9-5-4-6-10-22)24(28)18-26-15-7-8-21(17-26)16-25-31(29,30)23-13-11-20(3)12-14-23/h4-6,9-14,19,21,25H,7-8,15-18H2,1-3H3. The lowest BCUT2D eigenvalue weighted by Crippen LogP contribution is -2.48. The second-order valence-corrected chi connectivity index (χ2v) is 10.4. The molecule has 1 atom stereocenters. The van der Waals surface area contributed by atoms with Crippen molar-refractivity contribution in [2.45, 2.75) is 44.6 Å². The normalized spacial score (nSPS) is 17.6. The van der Waals surface area contributed by atoms with Crippen molar-refractivity contribution in [3.05, 3.63) is 60.2 Å². The van der Waals surface area contributed by atoms with Crippen molar-refractivity contribution < 1.29 is 13.2 Å². The summed E-state index contributed by atoms with van der Waals surface area (Å²) in [5.74, 6) is 0.257. The van der Waals surface area contributed by atoms with Crippen molar-refractivity contribution in [3.8, 4) is 0 Å². The zero-order valence-electron chi connectivity index (χ0n) is 18.6. The van der Waals surface area contributed by atoms with Crippen molar-refractivity contribution in [3.63, 3.8) is 0 Å². The van der Waals surface area contributed by atoms with E-state index in [0.29, 0.717) is 19.6 Å². The zero-order valence-corrected chi connectivity index (χ0v) is 19.4. The lowest BCUT2D eigenvalue weighted by molar-refractivity contribution is -0.120. The van der Waals surface area contributed by atoms with Crippen LogP contribution in [0.25, 0.3) is 0 Å². The Balaban J connectivity index is 1.57. The predicted octanol–water partition coefficient (Wildman–Crippen LogP) is 3.43. The summed E-state index contributed by atoms with van der Waals surface area (Å²) < 4.78 is 27.9. The molecule has 0 aromatic heterocycles. The van der Waals surface area contributed by atoms with Gasteiger partial charge in [0.15, 0.2) is 0 Å². The maximum atomic E-state index is 13.1. The summed E-state index contributed by atoms with van der Waals surface area (Å²) in [7, 11) is -3.52. The third-order valence-electron chi connectivity index (χ3n) is 5.67. The van der Waals surface area contributed by atoms with Crippen LogP contribution in [0, 0.1) is 12.8 Å². The van der Waals surface area contributed by atoms with Gasteiger partial charge in [0.1, 0.15) is 0 Å². The van der Waals surface area contributed by atoms with Gasteiger partial charge in [0.2, 0.25) is 15.9 Å².